The largest absolute Gasteiger partial charge is 0.338 e. The summed E-state index contributed by atoms with van der Waals surface area (Å²) in [6.45, 7) is 0. The Balaban J connectivity index is 1.93. The van der Waals surface area contributed by atoms with E-state index in [9.17, 15) is 4.39 Å². The minimum atomic E-state index is -0.271. The lowest BCUT2D eigenvalue weighted by Crippen LogP contribution is -1.74. The van der Waals surface area contributed by atoms with Gasteiger partial charge in [0.2, 0.25) is 0 Å². The molecule has 88 valence electrons. The van der Waals surface area contributed by atoms with Gasteiger partial charge >= 0.3 is 0 Å². The molecule has 0 radical (unpaired) electrons. The average Bonchev–Trinajstić information content (AvgIpc) is 2.79. The lowest BCUT2D eigenvalue weighted by molar-refractivity contribution is 0.629. The number of fused-ring (bicyclic) bond motifs is 1. The summed E-state index contributed by atoms with van der Waals surface area (Å²) in [5, 5.41) is 0. The Morgan fingerprint density at radius 2 is 1.83 bits per heavy atom. The van der Waals surface area contributed by atoms with Crippen LogP contribution in [-0.4, -0.2) is 9.97 Å². The van der Waals surface area contributed by atoms with Gasteiger partial charge in [0.1, 0.15) is 11.6 Å². The molecule has 0 fully saturated rings. The fourth-order valence-corrected chi connectivity index (χ4v) is 1.82. The summed E-state index contributed by atoms with van der Waals surface area (Å²) in [6.07, 6.45) is 3.85. The van der Waals surface area contributed by atoms with Crippen LogP contribution in [0.15, 0.2) is 48.5 Å². The van der Waals surface area contributed by atoms with Crippen molar-refractivity contribution in [2.45, 2.75) is 0 Å². The highest BCUT2D eigenvalue weighted by atomic mass is 19.1. The van der Waals surface area contributed by atoms with Crippen molar-refractivity contribution in [3.8, 4) is 0 Å². The Kier molecular flexibility index (Phi) is 2.65. The number of imidazole rings is 1. The van der Waals surface area contributed by atoms with Crippen LogP contribution < -0.4 is 0 Å². The van der Waals surface area contributed by atoms with E-state index in [4.69, 9.17) is 0 Å². The number of aromatic nitrogens is 2. The third kappa shape index (κ3) is 2.15. The smallest absolute Gasteiger partial charge is 0.131 e. The molecule has 0 aliphatic rings. The zero-order chi connectivity index (χ0) is 12.4. The first kappa shape index (κ1) is 10.7. The predicted molar refractivity (Wildman–Crippen MR) is 71.4 cm³/mol. The number of H-pyrrole nitrogens is 1. The van der Waals surface area contributed by atoms with Gasteiger partial charge < -0.3 is 4.98 Å². The summed E-state index contributed by atoms with van der Waals surface area (Å²) in [5.74, 6) is 0.451. The fourth-order valence-electron chi connectivity index (χ4n) is 1.82. The first-order valence-corrected chi connectivity index (χ1v) is 5.70. The standard InChI is InChI=1S/C15H11FN2/c16-12-7-8-13-14(10-12)18-15(17-13)9-6-11-4-2-1-3-5-11/h1-10H,(H,17,18)/b9-6+. The van der Waals surface area contributed by atoms with Crippen LogP contribution >= 0.6 is 0 Å². The van der Waals surface area contributed by atoms with Crippen molar-refractivity contribution in [1.82, 2.24) is 9.97 Å². The first-order chi connectivity index (χ1) is 8.81. The Hall–Kier alpha value is -2.42. The molecule has 3 rings (SSSR count). The summed E-state index contributed by atoms with van der Waals surface area (Å²) >= 11 is 0. The van der Waals surface area contributed by atoms with Gasteiger partial charge in [-0.3, -0.25) is 0 Å². The van der Waals surface area contributed by atoms with Crippen molar-refractivity contribution in [2.75, 3.05) is 0 Å². The van der Waals surface area contributed by atoms with Gasteiger partial charge in [-0.1, -0.05) is 36.4 Å². The maximum atomic E-state index is 13.0. The van der Waals surface area contributed by atoms with Crippen molar-refractivity contribution in [3.05, 3.63) is 65.7 Å². The molecular formula is C15H11FN2. The minimum absolute atomic E-state index is 0.271. The molecule has 0 atom stereocenters. The van der Waals surface area contributed by atoms with Crippen molar-refractivity contribution < 1.29 is 4.39 Å². The molecule has 1 heterocycles. The number of hydrogen-bond donors (Lipinski definition) is 1. The second-order valence-corrected chi connectivity index (χ2v) is 4.03. The molecule has 1 N–H and O–H groups in total. The van der Waals surface area contributed by atoms with E-state index in [1.54, 1.807) is 6.07 Å². The molecule has 0 aliphatic heterocycles. The molecule has 1 aromatic heterocycles. The molecular weight excluding hydrogens is 227 g/mol. The molecule has 0 bridgehead atoms. The number of benzene rings is 2. The SMILES string of the molecule is Fc1ccc2[nH]c(/C=C/c3ccccc3)nc2c1. The summed E-state index contributed by atoms with van der Waals surface area (Å²) in [5.41, 5.74) is 2.58. The van der Waals surface area contributed by atoms with E-state index in [-0.39, 0.29) is 5.82 Å². The molecule has 2 aromatic carbocycles. The molecule has 0 saturated carbocycles. The second kappa shape index (κ2) is 4.45. The Morgan fingerprint density at radius 1 is 1.00 bits per heavy atom. The molecule has 0 spiro atoms. The molecule has 0 amide bonds. The Labute approximate surface area is 104 Å². The van der Waals surface area contributed by atoms with Gasteiger partial charge in [0.15, 0.2) is 0 Å². The third-order valence-corrected chi connectivity index (χ3v) is 2.70. The van der Waals surface area contributed by atoms with Gasteiger partial charge in [-0.15, -0.1) is 0 Å². The first-order valence-electron chi connectivity index (χ1n) is 5.70. The van der Waals surface area contributed by atoms with Crippen LogP contribution in [0.5, 0.6) is 0 Å². The lowest BCUT2D eigenvalue weighted by atomic mass is 10.2. The van der Waals surface area contributed by atoms with Gasteiger partial charge in [0.25, 0.3) is 0 Å². The number of nitrogens with zero attached hydrogens (tertiary/aromatic N) is 1. The topological polar surface area (TPSA) is 28.7 Å². The maximum Gasteiger partial charge on any atom is 0.131 e. The van der Waals surface area contributed by atoms with E-state index in [0.29, 0.717) is 5.52 Å². The van der Waals surface area contributed by atoms with Crippen molar-refractivity contribution in [1.29, 1.82) is 0 Å². The summed E-state index contributed by atoms with van der Waals surface area (Å²) in [4.78, 5) is 7.43. The highest BCUT2D eigenvalue weighted by Crippen LogP contribution is 2.14. The number of nitrogens with one attached hydrogen (secondary N) is 1. The normalized spacial score (nSPS) is 11.4. The van der Waals surface area contributed by atoms with E-state index in [1.807, 2.05) is 42.5 Å². The van der Waals surface area contributed by atoms with Crippen LogP contribution in [0.25, 0.3) is 23.2 Å². The van der Waals surface area contributed by atoms with Crippen LogP contribution in [0.1, 0.15) is 11.4 Å². The van der Waals surface area contributed by atoms with E-state index in [0.717, 1.165) is 16.9 Å². The van der Waals surface area contributed by atoms with Crippen LogP contribution in [-0.2, 0) is 0 Å². The zero-order valence-electron chi connectivity index (χ0n) is 9.60. The third-order valence-electron chi connectivity index (χ3n) is 2.70. The summed E-state index contributed by atoms with van der Waals surface area (Å²) in [6, 6.07) is 14.5. The predicted octanol–water partition coefficient (Wildman–Crippen LogP) is 3.87. The number of hydrogen-bond acceptors (Lipinski definition) is 1. The van der Waals surface area contributed by atoms with Crippen molar-refractivity contribution in [3.63, 3.8) is 0 Å². The van der Waals surface area contributed by atoms with Gasteiger partial charge in [0.05, 0.1) is 11.0 Å². The van der Waals surface area contributed by atoms with Crippen LogP contribution in [0.3, 0.4) is 0 Å². The number of halogens is 1. The highest BCUT2D eigenvalue weighted by molar-refractivity contribution is 5.78. The van der Waals surface area contributed by atoms with Crippen molar-refractivity contribution >= 4 is 23.2 Å². The molecule has 2 nitrogen and oxygen atoms in total. The molecule has 3 aromatic rings. The maximum absolute atomic E-state index is 13.0. The van der Waals surface area contributed by atoms with Gasteiger partial charge in [-0.25, -0.2) is 9.37 Å². The van der Waals surface area contributed by atoms with Crippen LogP contribution in [0, 0.1) is 5.82 Å². The van der Waals surface area contributed by atoms with Gasteiger partial charge in [-0.05, 0) is 23.8 Å². The van der Waals surface area contributed by atoms with E-state index in [2.05, 4.69) is 9.97 Å². The van der Waals surface area contributed by atoms with Gasteiger partial charge in [-0.2, -0.15) is 0 Å². The minimum Gasteiger partial charge on any atom is -0.338 e. The summed E-state index contributed by atoms with van der Waals surface area (Å²) in [7, 11) is 0. The molecule has 0 saturated heterocycles. The highest BCUT2D eigenvalue weighted by Gasteiger charge is 2.00. The summed E-state index contributed by atoms with van der Waals surface area (Å²) < 4.78 is 13.0. The van der Waals surface area contributed by atoms with Crippen LogP contribution in [0.2, 0.25) is 0 Å². The monoisotopic (exact) mass is 238 g/mol. The van der Waals surface area contributed by atoms with Crippen LogP contribution in [0.4, 0.5) is 4.39 Å². The Bertz CT molecular complexity index is 699. The number of rotatable bonds is 2. The zero-order valence-corrected chi connectivity index (χ0v) is 9.60. The number of aromatic amines is 1. The van der Waals surface area contributed by atoms with E-state index in [1.165, 1.54) is 12.1 Å². The molecule has 3 heteroatoms. The average molecular weight is 238 g/mol. The fraction of sp³-hybridized carbons (Fsp3) is 0. The molecule has 0 unspecified atom stereocenters. The van der Waals surface area contributed by atoms with Crippen molar-refractivity contribution in [2.24, 2.45) is 0 Å². The van der Waals surface area contributed by atoms with E-state index >= 15 is 0 Å². The second-order valence-electron chi connectivity index (χ2n) is 4.03. The molecule has 0 aliphatic carbocycles. The van der Waals surface area contributed by atoms with E-state index < -0.39 is 0 Å². The Morgan fingerprint density at radius 3 is 2.67 bits per heavy atom. The quantitative estimate of drug-likeness (QED) is 0.721. The lowest BCUT2D eigenvalue weighted by Gasteiger charge is -1.89. The molecule has 18 heavy (non-hydrogen) atoms. The van der Waals surface area contributed by atoms with Gasteiger partial charge in [0, 0.05) is 6.07 Å².